The van der Waals surface area contributed by atoms with E-state index in [0.29, 0.717) is 16.1 Å². The number of halogens is 1. The molecule has 0 atom stereocenters. The number of benzene rings is 2. The van der Waals surface area contributed by atoms with E-state index in [0.717, 1.165) is 28.3 Å². The molecule has 4 nitrogen and oxygen atoms in total. The van der Waals surface area contributed by atoms with E-state index in [9.17, 15) is 0 Å². The number of hydrogen-bond donors (Lipinski definition) is 0. The summed E-state index contributed by atoms with van der Waals surface area (Å²) in [6, 6.07) is 21.7. The van der Waals surface area contributed by atoms with Crippen molar-refractivity contribution in [3.05, 3.63) is 83.0 Å². The highest BCUT2D eigenvalue weighted by atomic mass is 35.5. The fraction of sp³-hybridized carbons (Fsp3) is 0.0952. The van der Waals surface area contributed by atoms with Crippen LogP contribution < -0.4 is 0 Å². The van der Waals surface area contributed by atoms with Crippen molar-refractivity contribution < 1.29 is 4.42 Å². The first kappa shape index (κ1) is 17.8. The van der Waals surface area contributed by atoms with E-state index in [4.69, 9.17) is 16.0 Å². The molecule has 0 aliphatic carbocycles. The second-order valence-electron chi connectivity index (χ2n) is 5.98. The molecule has 2 heterocycles. The van der Waals surface area contributed by atoms with Crippen LogP contribution in [0.2, 0.25) is 5.02 Å². The highest BCUT2D eigenvalue weighted by Gasteiger charge is 2.13. The number of pyridine rings is 1. The Morgan fingerprint density at radius 2 is 1.70 bits per heavy atom. The Morgan fingerprint density at radius 1 is 0.926 bits per heavy atom. The van der Waals surface area contributed by atoms with E-state index >= 15 is 0 Å². The SMILES string of the molecule is Cc1nc(-c2ccc(Cl)cc2)ccc1-c1nnc(SCc2ccccc2)o1. The summed E-state index contributed by atoms with van der Waals surface area (Å²) in [5.41, 5.74) is 4.79. The lowest BCUT2D eigenvalue weighted by Crippen LogP contribution is -1.91. The first-order chi connectivity index (χ1) is 13.2. The van der Waals surface area contributed by atoms with Gasteiger partial charge >= 0.3 is 0 Å². The monoisotopic (exact) mass is 393 g/mol. The summed E-state index contributed by atoms with van der Waals surface area (Å²) >= 11 is 7.48. The standard InChI is InChI=1S/C21H16ClN3OS/c1-14-18(11-12-19(23-14)16-7-9-17(22)10-8-16)20-24-25-21(26-20)27-13-15-5-3-2-4-6-15/h2-12H,13H2,1H3. The second kappa shape index (κ2) is 7.94. The van der Waals surface area contributed by atoms with Crippen LogP contribution in [0.1, 0.15) is 11.3 Å². The van der Waals surface area contributed by atoms with Gasteiger partial charge in [-0.2, -0.15) is 0 Å². The molecule has 0 fully saturated rings. The molecule has 0 bridgehead atoms. The van der Waals surface area contributed by atoms with E-state index in [1.807, 2.05) is 61.5 Å². The first-order valence-electron chi connectivity index (χ1n) is 8.43. The Labute approximate surface area is 166 Å². The number of hydrogen-bond acceptors (Lipinski definition) is 5. The Balaban J connectivity index is 1.52. The molecule has 4 rings (SSSR count). The van der Waals surface area contributed by atoms with Gasteiger partial charge in [-0.15, -0.1) is 10.2 Å². The minimum atomic E-state index is 0.484. The summed E-state index contributed by atoms with van der Waals surface area (Å²) in [4.78, 5) is 4.67. The zero-order valence-electron chi connectivity index (χ0n) is 14.6. The highest BCUT2D eigenvalue weighted by molar-refractivity contribution is 7.98. The van der Waals surface area contributed by atoms with Crippen LogP contribution in [-0.2, 0) is 5.75 Å². The van der Waals surface area contributed by atoms with Crippen LogP contribution in [0.15, 0.2) is 76.4 Å². The van der Waals surface area contributed by atoms with Crippen LogP contribution in [0.25, 0.3) is 22.7 Å². The van der Waals surface area contributed by atoms with Gasteiger partial charge in [0.15, 0.2) is 0 Å². The molecule has 0 saturated heterocycles. The quantitative estimate of drug-likeness (QED) is 0.386. The molecule has 0 aliphatic heterocycles. The van der Waals surface area contributed by atoms with Crippen molar-refractivity contribution in [2.24, 2.45) is 0 Å². The maximum atomic E-state index is 5.95. The predicted molar refractivity (Wildman–Crippen MR) is 109 cm³/mol. The Hall–Kier alpha value is -2.63. The lowest BCUT2D eigenvalue weighted by molar-refractivity contribution is 0.465. The number of rotatable bonds is 5. The van der Waals surface area contributed by atoms with E-state index in [2.05, 4.69) is 27.3 Å². The maximum absolute atomic E-state index is 5.95. The number of aryl methyl sites for hydroxylation is 1. The largest absolute Gasteiger partial charge is 0.411 e. The fourth-order valence-corrected chi connectivity index (χ4v) is 3.51. The molecule has 0 radical (unpaired) electrons. The number of aromatic nitrogens is 3. The average Bonchev–Trinajstić information content (AvgIpc) is 3.16. The third-order valence-corrected chi connectivity index (χ3v) is 5.21. The Kier molecular flexibility index (Phi) is 5.23. The highest BCUT2D eigenvalue weighted by Crippen LogP contribution is 2.29. The van der Waals surface area contributed by atoms with Gasteiger partial charge in [-0.05, 0) is 36.8 Å². The third-order valence-electron chi connectivity index (χ3n) is 4.07. The molecule has 2 aromatic heterocycles. The number of thioether (sulfide) groups is 1. The van der Waals surface area contributed by atoms with Crippen molar-refractivity contribution in [2.45, 2.75) is 17.9 Å². The summed E-state index contributed by atoms with van der Waals surface area (Å²) < 4.78 is 5.82. The average molecular weight is 394 g/mol. The molecule has 27 heavy (non-hydrogen) atoms. The van der Waals surface area contributed by atoms with E-state index < -0.39 is 0 Å². The van der Waals surface area contributed by atoms with Gasteiger partial charge < -0.3 is 4.42 Å². The summed E-state index contributed by atoms with van der Waals surface area (Å²) in [7, 11) is 0. The summed E-state index contributed by atoms with van der Waals surface area (Å²) in [5, 5.41) is 9.58. The maximum Gasteiger partial charge on any atom is 0.277 e. The zero-order valence-corrected chi connectivity index (χ0v) is 16.2. The van der Waals surface area contributed by atoms with Crippen molar-refractivity contribution in [1.82, 2.24) is 15.2 Å². The molecule has 0 saturated carbocycles. The van der Waals surface area contributed by atoms with Crippen LogP contribution in [0.4, 0.5) is 0 Å². The van der Waals surface area contributed by atoms with E-state index in [1.165, 1.54) is 17.3 Å². The van der Waals surface area contributed by atoms with Crippen LogP contribution in [-0.4, -0.2) is 15.2 Å². The van der Waals surface area contributed by atoms with Gasteiger partial charge in [0.25, 0.3) is 11.1 Å². The van der Waals surface area contributed by atoms with Crippen molar-refractivity contribution >= 4 is 23.4 Å². The molecule has 0 spiro atoms. The van der Waals surface area contributed by atoms with Crippen LogP contribution in [0, 0.1) is 6.92 Å². The molecule has 0 aliphatic rings. The Morgan fingerprint density at radius 3 is 2.44 bits per heavy atom. The van der Waals surface area contributed by atoms with Crippen molar-refractivity contribution in [3.63, 3.8) is 0 Å². The van der Waals surface area contributed by atoms with Gasteiger partial charge in [0.05, 0.1) is 17.0 Å². The van der Waals surface area contributed by atoms with Gasteiger partial charge in [0.1, 0.15) is 0 Å². The van der Waals surface area contributed by atoms with Gasteiger partial charge in [-0.3, -0.25) is 4.98 Å². The van der Waals surface area contributed by atoms with E-state index in [-0.39, 0.29) is 0 Å². The first-order valence-corrected chi connectivity index (χ1v) is 9.79. The van der Waals surface area contributed by atoms with Gasteiger partial charge in [0, 0.05) is 16.3 Å². The lowest BCUT2D eigenvalue weighted by atomic mass is 10.1. The molecule has 2 aromatic carbocycles. The fourth-order valence-electron chi connectivity index (χ4n) is 2.66. The molecule has 0 unspecified atom stereocenters. The normalized spacial score (nSPS) is 10.9. The molecule has 4 aromatic rings. The molecule has 0 amide bonds. The van der Waals surface area contributed by atoms with Crippen molar-refractivity contribution in [2.75, 3.05) is 0 Å². The smallest absolute Gasteiger partial charge is 0.277 e. The predicted octanol–water partition coefficient (Wildman–Crippen LogP) is 6.05. The van der Waals surface area contributed by atoms with E-state index in [1.54, 1.807) is 0 Å². The minimum absolute atomic E-state index is 0.484. The van der Waals surface area contributed by atoms with Crippen molar-refractivity contribution in [3.8, 4) is 22.7 Å². The van der Waals surface area contributed by atoms with Crippen LogP contribution >= 0.6 is 23.4 Å². The minimum Gasteiger partial charge on any atom is -0.411 e. The third kappa shape index (κ3) is 4.21. The van der Waals surface area contributed by atoms with Crippen molar-refractivity contribution in [1.29, 1.82) is 0 Å². The molecular weight excluding hydrogens is 378 g/mol. The molecule has 0 N–H and O–H groups in total. The Bertz CT molecular complexity index is 1050. The van der Waals surface area contributed by atoms with Crippen LogP contribution in [0.5, 0.6) is 0 Å². The lowest BCUT2D eigenvalue weighted by Gasteiger charge is -2.05. The summed E-state index contributed by atoms with van der Waals surface area (Å²) in [5.74, 6) is 1.27. The number of nitrogens with zero attached hydrogens (tertiary/aromatic N) is 3. The summed E-state index contributed by atoms with van der Waals surface area (Å²) in [6.45, 7) is 1.94. The van der Waals surface area contributed by atoms with Gasteiger partial charge in [-0.1, -0.05) is 65.8 Å². The van der Waals surface area contributed by atoms with Gasteiger partial charge in [-0.25, -0.2) is 0 Å². The van der Waals surface area contributed by atoms with Crippen LogP contribution in [0.3, 0.4) is 0 Å². The van der Waals surface area contributed by atoms with Gasteiger partial charge in [0.2, 0.25) is 0 Å². The zero-order chi connectivity index (χ0) is 18.6. The molecular formula is C21H16ClN3OS. The second-order valence-corrected chi connectivity index (χ2v) is 7.35. The summed E-state index contributed by atoms with van der Waals surface area (Å²) in [6.07, 6.45) is 0. The topological polar surface area (TPSA) is 51.8 Å². The molecule has 134 valence electrons. The molecule has 6 heteroatoms.